The standard InChI is InChI=1S/C22H24N4O4/c1-3-4-5-8-14-25-22(28)17-11-7-6-10-16(17)20(24-25)21(27)23-18-12-9-13-19(15(18)2)26(29)30/h6-7,9-13H,3-5,8,14H2,1-2H3,(H,23,27). The molecule has 3 rings (SSSR count). The van der Waals surface area contributed by atoms with Gasteiger partial charge >= 0.3 is 0 Å². The van der Waals surface area contributed by atoms with Crippen LogP contribution in [0.4, 0.5) is 11.4 Å². The highest BCUT2D eigenvalue weighted by molar-refractivity contribution is 6.11. The zero-order chi connectivity index (χ0) is 21.7. The van der Waals surface area contributed by atoms with Crippen molar-refractivity contribution in [1.82, 2.24) is 9.78 Å². The van der Waals surface area contributed by atoms with Gasteiger partial charge in [-0.1, -0.05) is 50.5 Å². The van der Waals surface area contributed by atoms with Crippen LogP contribution in [0, 0.1) is 17.0 Å². The fourth-order valence-electron chi connectivity index (χ4n) is 3.38. The number of aromatic nitrogens is 2. The summed E-state index contributed by atoms with van der Waals surface area (Å²) in [5.74, 6) is -0.517. The third-order valence-electron chi connectivity index (χ3n) is 5.06. The van der Waals surface area contributed by atoms with Crippen molar-refractivity contribution in [3.05, 3.63) is 74.2 Å². The Bertz CT molecular complexity index is 1150. The molecule has 156 valence electrons. The van der Waals surface area contributed by atoms with Gasteiger partial charge in [-0.05, 0) is 25.5 Å². The number of hydrogen-bond donors (Lipinski definition) is 1. The third-order valence-corrected chi connectivity index (χ3v) is 5.06. The first-order chi connectivity index (χ1) is 14.4. The van der Waals surface area contributed by atoms with Gasteiger partial charge in [0.05, 0.1) is 21.6 Å². The zero-order valence-electron chi connectivity index (χ0n) is 17.1. The molecule has 1 heterocycles. The normalized spacial score (nSPS) is 10.9. The predicted molar refractivity (Wildman–Crippen MR) is 116 cm³/mol. The van der Waals surface area contributed by atoms with Crippen LogP contribution in [0.3, 0.4) is 0 Å². The maximum absolute atomic E-state index is 13.0. The lowest BCUT2D eigenvalue weighted by Gasteiger charge is -2.12. The summed E-state index contributed by atoms with van der Waals surface area (Å²) >= 11 is 0. The summed E-state index contributed by atoms with van der Waals surface area (Å²) in [4.78, 5) is 36.5. The molecule has 0 aliphatic rings. The van der Waals surface area contributed by atoms with Gasteiger partial charge in [0.15, 0.2) is 5.69 Å². The van der Waals surface area contributed by atoms with Crippen molar-refractivity contribution in [2.45, 2.75) is 46.1 Å². The lowest BCUT2D eigenvalue weighted by atomic mass is 10.1. The Morgan fingerprint density at radius 1 is 1.10 bits per heavy atom. The first-order valence-electron chi connectivity index (χ1n) is 9.99. The largest absolute Gasteiger partial charge is 0.320 e. The summed E-state index contributed by atoms with van der Waals surface area (Å²) in [6.07, 6.45) is 3.92. The van der Waals surface area contributed by atoms with Gasteiger partial charge in [-0.25, -0.2) is 4.68 Å². The van der Waals surface area contributed by atoms with Crippen molar-refractivity contribution in [3.8, 4) is 0 Å². The molecule has 3 aromatic rings. The molecule has 8 nitrogen and oxygen atoms in total. The maximum atomic E-state index is 13.0. The van der Waals surface area contributed by atoms with Crippen molar-refractivity contribution >= 4 is 28.1 Å². The lowest BCUT2D eigenvalue weighted by molar-refractivity contribution is -0.385. The molecular weight excluding hydrogens is 384 g/mol. The minimum absolute atomic E-state index is 0.0773. The van der Waals surface area contributed by atoms with Crippen LogP contribution in [-0.4, -0.2) is 20.6 Å². The second-order valence-corrected chi connectivity index (χ2v) is 7.14. The molecule has 0 spiro atoms. The van der Waals surface area contributed by atoms with Crippen LogP contribution in [-0.2, 0) is 6.54 Å². The van der Waals surface area contributed by atoms with E-state index in [4.69, 9.17) is 0 Å². The zero-order valence-corrected chi connectivity index (χ0v) is 17.1. The Kier molecular flexibility index (Phi) is 6.56. The Morgan fingerprint density at radius 2 is 1.83 bits per heavy atom. The molecule has 0 saturated heterocycles. The molecule has 0 radical (unpaired) electrons. The number of carbonyl (C=O) groups excluding carboxylic acids is 1. The molecule has 0 bridgehead atoms. The summed E-state index contributed by atoms with van der Waals surface area (Å²) < 4.78 is 1.34. The number of nitrogens with one attached hydrogen (secondary N) is 1. The van der Waals surface area contributed by atoms with Crippen molar-refractivity contribution < 1.29 is 9.72 Å². The van der Waals surface area contributed by atoms with E-state index in [9.17, 15) is 19.7 Å². The predicted octanol–water partition coefficient (Wildman–Crippen LogP) is 4.45. The van der Waals surface area contributed by atoms with Crippen molar-refractivity contribution in [3.63, 3.8) is 0 Å². The quantitative estimate of drug-likeness (QED) is 0.337. The van der Waals surface area contributed by atoms with Gasteiger partial charge in [0.1, 0.15) is 0 Å². The van der Waals surface area contributed by atoms with Crippen LogP contribution in [0.15, 0.2) is 47.3 Å². The summed E-state index contributed by atoms with van der Waals surface area (Å²) in [6, 6.07) is 11.3. The molecule has 30 heavy (non-hydrogen) atoms. The molecule has 0 unspecified atom stereocenters. The smallest absolute Gasteiger partial charge is 0.276 e. The van der Waals surface area contributed by atoms with E-state index in [1.165, 1.54) is 16.8 Å². The van der Waals surface area contributed by atoms with Crippen LogP contribution < -0.4 is 10.9 Å². The minimum atomic E-state index is -0.517. The van der Waals surface area contributed by atoms with Crippen LogP contribution >= 0.6 is 0 Å². The number of fused-ring (bicyclic) bond motifs is 1. The van der Waals surface area contributed by atoms with Crippen LogP contribution in [0.5, 0.6) is 0 Å². The Labute approximate surface area is 173 Å². The third kappa shape index (κ3) is 4.37. The SMILES string of the molecule is CCCCCCn1nc(C(=O)Nc2cccc([N+](=O)[O-])c2C)c2ccccc2c1=O. The number of nitro benzene ring substituents is 1. The summed E-state index contributed by atoms with van der Waals surface area (Å²) in [7, 11) is 0. The summed E-state index contributed by atoms with van der Waals surface area (Å²) in [5.41, 5.74) is 0.497. The van der Waals surface area contributed by atoms with E-state index >= 15 is 0 Å². The van der Waals surface area contributed by atoms with Crippen LogP contribution in [0.2, 0.25) is 0 Å². The van der Waals surface area contributed by atoms with E-state index in [0.717, 1.165) is 25.7 Å². The first-order valence-corrected chi connectivity index (χ1v) is 9.99. The van der Waals surface area contributed by atoms with Gasteiger partial charge < -0.3 is 5.32 Å². The number of rotatable bonds is 8. The molecule has 1 N–H and O–H groups in total. The molecule has 1 aromatic heterocycles. The molecule has 0 atom stereocenters. The highest BCUT2D eigenvalue weighted by Gasteiger charge is 2.19. The number of nitrogens with zero attached hydrogens (tertiary/aromatic N) is 3. The summed E-state index contributed by atoms with van der Waals surface area (Å²) in [5, 5.41) is 19.1. The molecule has 1 amide bonds. The number of carbonyl (C=O) groups is 1. The topological polar surface area (TPSA) is 107 Å². The van der Waals surface area contributed by atoms with Crippen molar-refractivity contribution in [1.29, 1.82) is 0 Å². The van der Waals surface area contributed by atoms with Gasteiger partial charge in [-0.2, -0.15) is 5.10 Å². The molecule has 0 saturated carbocycles. The minimum Gasteiger partial charge on any atom is -0.320 e. The lowest BCUT2D eigenvalue weighted by Crippen LogP contribution is -2.28. The van der Waals surface area contributed by atoms with E-state index in [2.05, 4.69) is 17.3 Å². The number of hydrogen-bond acceptors (Lipinski definition) is 5. The number of nitro groups is 1. The van der Waals surface area contributed by atoms with Gasteiger partial charge in [0.25, 0.3) is 17.2 Å². The van der Waals surface area contributed by atoms with E-state index in [0.29, 0.717) is 28.6 Å². The number of unbranched alkanes of at least 4 members (excludes halogenated alkanes) is 3. The second-order valence-electron chi connectivity index (χ2n) is 7.14. The van der Waals surface area contributed by atoms with Gasteiger partial charge in [-0.3, -0.25) is 19.7 Å². The fraction of sp³-hybridized carbons (Fsp3) is 0.318. The van der Waals surface area contributed by atoms with E-state index in [-0.39, 0.29) is 16.9 Å². The van der Waals surface area contributed by atoms with E-state index < -0.39 is 10.8 Å². The average molecular weight is 408 g/mol. The van der Waals surface area contributed by atoms with Gasteiger partial charge in [0.2, 0.25) is 0 Å². The van der Waals surface area contributed by atoms with Gasteiger partial charge in [0, 0.05) is 18.0 Å². The fourth-order valence-corrected chi connectivity index (χ4v) is 3.38. The summed E-state index contributed by atoms with van der Waals surface area (Å²) in [6.45, 7) is 4.12. The van der Waals surface area contributed by atoms with Crippen LogP contribution in [0.25, 0.3) is 10.8 Å². The number of benzene rings is 2. The van der Waals surface area contributed by atoms with Crippen LogP contribution in [0.1, 0.15) is 48.7 Å². The number of anilines is 1. The highest BCUT2D eigenvalue weighted by atomic mass is 16.6. The van der Waals surface area contributed by atoms with Crippen molar-refractivity contribution in [2.24, 2.45) is 0 Å². The molecule has 2 aromatic carbocycles. The number of amides is 1. The van der Waals surface area contributed by atoms with Gasteiger partial charge in [-0.15, -0.1) is 0 Å². The highest BCUT2D eigenvalue weighted by Crippen LogP contribution is 2.26. The molecule has 0 fully saturated rings. The molecule has 0 aliphatic carbocycles. The maximum Gasteiger partial charge on any atom is 0.276 e. The van der Waals surface area contributed by atoms with E-state index in [1.54, 1.807) is 37.3 Å². The monoisotopic (exact) mass is 408 g/mol. The Balaban J connectivity index is 1.99. The van der Waals surface area contributed by atoms with Crippen molar-refractivity contribution in [2.75, 3.05) is 5.32 Å². The Hall–Kier alpha value is -3.55. The average Bonchev–Trinajstić information content (AvgIpc) is 2.74. The molecular formula is C22H24N4O4. The second kappa shape index (κ2) is 9.30. The van der Waals surface area contributed by atoms with E-state index in [1.807, 2.05) is 0 Å². The Morgan fingerprint density at radius 3 is 2.53 bits per heavy atom. The first kappa shape index (κ1) is 21.2. The number of aryl methyl sites for hydroxylation is 1. The molecule has 8 heteroatoms. The molecule has 0 aliphatic heterocycles.